The Morgan fingerprint density at radius 1 is 1.37 bits per heavy atom. The van der Waals surface area contributed by atoms with Crippen molar-refractivity contribution in [2.45, 2.75) is 70.1 Å². The van der Waals surface area contributed by atoms with E-state index in [1.165, 1.54) is 0 Å². The van der Waals surface area contributed by atoms with Crippen LogP contribution < -0.4 is 0 Å². The molecule has 0 spiro atoms. The molecule has 19 heavy (non-hydrogen) atoms. The van der Waals surface area contributed by atoms with Crippen molar-refractivity contribution in [3.05, 3.63) is 16.4 Å². The van der Waals surface area contributed by atoms with Gasteiger partial charge in [0.1, 0.15) is 6.10 Å². The Kier molecular flexibility index (Phi) is 5.03. The van der Waals surface area contributed by atoms with Crippen molar-refractivity contribution in [1.82, 2.24) is 9.78 Å². The van der Waals surface area contributed by atoms with Gasteiger partial charge in [0.2, 0.25) is 0 Å². The number of aliphatic hydroxyl groups is 2. The number of aliphatic hydroxyl groups excluding tert-OH is 1. The molecule has 5 heteroatoms. The smallest absolute Gasteiger partial charge is 0.125 e. The lowest BCUT2D eigenvalue weighted by Gasteiger charge is -2.32. The summed E-state index contributed by atoms with van der Waals surface area (Å²) in [7, 11) is 0. The van der Waals surface area contributed by atoms with Crippen LogP contribution in [-0.4, -0.2) is 25.6 Å². The van der Waals surface area contributed by atoms with Crippen LogP contribution in [0.15, 0.2) is 10.7 Å². The molecule has 0 aromatic carbocycles. The maximum absolute atomic E-state index is 10.8. The Labute approximate surface area is 123 Å². The quantitative estimate of drug-likeness (QED) is 0.833. The minimum Gasteiger partial charge on any atom is -0.387 e. The van der Waals surface area contributed by atoms with Crippen molar-refractivity contribution in [3.8, 4) is 0 Å². The average molecular weight is 331 g/mol. The third-order valence-corrected chi connectivity index (χ3v) is 4.62. The van der Waals surface area contributed by atoms with Gasteiger partial charge in [0.25, 0.3) is 0 Å². The van der Waals surface area contributed by atoms with E-state index in [1.807, 2.05) is 0 Å². The fourth-order valence-electron chi connectivity index (χ4n) is 2.90. The number of halogens is 1. The second-order valence-electron chi connectivity index (χ2n) is 5.52. The molecule has 0 radical (unpaired) electrons. The van der Waals surface area contributed by atoms with E-state index in [2.05, 4.69) is 28.0 Å². The topological polar surface area (TPSA) is 58.3 Å². The highest BCUT2D eigenvalue weighted by atomic mass is 79.9. The molecule has 4 nitrogen and oxygen atoms in total. The molecule has 1 aromatic rings. The molecule has 1 aromatic heterocycles. The third-order valence-electron chi connectivity index (χ3n) is 4.01. The summed E-state index contributed by atoms with van der Waals surface area (Å²) in [4.78, 5) is 0. The molecule has 1 aliphatic rings. The average Bonchev–Trinajstić information content (AvgIpc) is 2.61. The van der Waals surface area contributed by atoms with Crippen LogP contribution in [0.4, 0.5) is 0 Å². The van der Waals surface area contributed by atoms with E-state index in [-0.39, 0.29) is 0 Å². The first kappa shape index (κ1) is 15.0. The fraction of sp³-hybridized carbons (Fsp3) is 0.786. The summed E-state index contributed by atoms with van der Waals surface area (Å²) >= 11 is 3.44. The third kappa shape index (κ3) is 3.20. The first-order chi connectivity index (χ1) is 9.08. The molecule has 2 N–H and O–H groups in total. The Bertz CT molecular complexity index is 412. The maximum Gasteiger partial charge on any atom is 0.125 e. The van der Waals surface area contributed by atoms with Gasteiger partial charge in [-0.05, 0) is 35.2 Å². The Balaban J connectivity index is 2.26. The summed E-state index contributed by atoms with van der Waals surface area (Å²) in [6.45, 7) is 2.83. The lowest BCUT2D eigenvalue weighted by Crippen LogP contribution is -2.37. The molecule has 1 aliphatic carbocycles. The number of hydrogen-bond acceptors (Lipinski definition) is 3. The van der Waals surface area contributed by atoms with Gasteiger partial charge in [-0.3, -0.25) is 4.68 Å². The lowest BCUT2D eigenvalue weighted by molar-refractivity contribution is -0.0905. The van der Waals surface area contributed by atoms with Gasteiger partial charge in [0.05, 0.1) is 22.0 Å². The van der Waals surface area contributed by atoms with E-state index in [9.17, 15) is 10.2 Å². The summed E-state index contributed by atoms with van der Waals surface area (Å²) in [5.74, 6) is 0. The first-order valence-corrected chi connectivity index (χ1v) is 7.99. The highest BCUT2D eigenvalue weighted by molar-refractivity contribution is 9.10. The highest BCUT2D eigenvalue weighted by Gasteiger charge is 2.39. The highest BCUT2D eigenvalue weighted by Crippen LogP contribution is 2.39. The standard InChI is InChI=1S/C14H23BrN2O2/c1-2-9-17-12(11(15)10-16-17)13(18)14(19)7-5-3-4-6-8-14/h10,13,18-19H,2-9H2,1H3. The van der Waals surface area contributed by atoms with Crippen LogP contribution in [0.1, 0.15) is 63.7 Å². The van der Waals surface area contributed by atoms with Crippen molar-refractivity contribution in [2.24, 2.45) is 0 Å². The van der Waals surface area contributed by atoms with Crippen LogP contribution in [0, 0.1) is 0 Å². The Morgan fingerprint density at radius 2 is 2.00 bits per heavy atom. The van der Waals surface area contributed by atoms with Gasteiger partial charge in [-0.25, -0.2) is 0 Å². The zero-order valence-electron chi connectivity index (χ0n) is 11.5. The van der Waals surface area contributed by atoms with Crippen LogP contribution in [0.2, 0.25) is 0 Å². The maximum atomic E-state index is 10.8. The predicted molar refractivity (Wildman–Crippen MR) is 77.8 cm³/mol. The minimum atomic E-state index is -1.01. The van der Waals surface area contributed by atoms with Crippen LogP contribution in [0.5, 0.6) is 0 Å². The molecule has 1 unspecified atom stereocenters. The van der Waals surface area contributed by atoms with E-state index in [1.54, 1.807) is 10.9 Å². The van der Waals surface area contributed by atoms with Gasteiger partial charge in [0, 0.05) is 6.54 Å². The van der Waals surface area contributed by atoms with Gasteiger partial charge >= 0.3 is 0 Å². The van der Waals surface area contributed by atoms with E-state index in [0.717, 1.165) is 43.1 Å². The van der Waals surface area contributed by atoms with Crippen molar-refractivity contribution >= 4 is 15.9 Å². The van der Waals surface area contributed by atoms with Gasteiger partial charge < -0.3 is 10.2 Å². The Morgan fingerprint density at radius 3 is 2.58 bits per heavy atom. The number of aromatic nitrogens is 2. The molecule has 1 saturated carbocycles. The molecule has 108 valence electrons. The second-order valence-corrected chi connectivity index (χ2v) is 6.38. The zero-order valence-corrected chi connectivity index (χ0v) is 13.1. The normalized spacial score (nSPS) is 21.1. The molecule has 0 bridgehead atoms. The Hall–Kier alpha value is -0.390. The van der Waals surface area contributed by atoms with E-state index in [4.69, 9.17) is 0 Å². The van der Waals surface area contributed by atoms with Gasteiger partial charge in [-0.2, -0.15) is 5.10 Å². The molecule has 1 heterocycles. The molecule has 0 amide bonds. The van der Waals surface area contributed by atoms with Gasteiger partial charge in [-0.1, -0.05) is 32.6 Å². The lowest BCUT2D eigenvalue weighted by atomic mass is 9.86. The summed E-state index contributed by atoms with van der Waals surface area (Å²) in [5.41, 5.74) is -0.295. The first-order valence-electron chi connectivity index (χ1n) is 7.20. The molecular weight excluding hydrogens is 308 g/mol. The van der Waals surface area contributed by atoms with Gasteiger partial charge in [-0.15, -0.1) is 0 Å². The van der Waals surface area contributed by atoms with Crippen LogP contribution in [-0.2, 0) is 6.54 Å². The van der Waals surface area contributed by atoms with E-state index >= 15 is 0 Å². The monoisotopic (exact) mass is 330 g/mol. The summed E-state index contributed by atoms with van der Waals surface area (Å²) in [5, 5.41) is 25.7. The summed E-state index contributed by atoms with van der Waals surface area (Å²) in [6, 6.07) is 0. The van der Waals surface area contributed by atoms with Crippen LogP contribution >= 0.6 is 15.9 Å². The number of rotatable bonds is 4. The zero-order chi connectivity index (χ0) is 13.9. The number of nitrogens with zero attached hydrogens (tertiary/aromatic N) is 2. The number of aryl methyl sites for hydroxylation is 1. The van der Waals surface area contributed by atoms with E-state index in [0.29, 0.717) is 18.5 Å². The molecule has 1 fully saturated rings. The van der Waals surface area contributed by atoms with Crippen molar-refractivity contribution in [2.75, 3.05) is 0 Å². The number of hydrogen-bond donors (Lipinski definition) is 2. The molecule has 1 atom stereocenters. The summed E-state index contributed by atoms with van der Waals surface area (Å²) in [6.07, 6.45) is 7.36. The molecular formula is C14H23BrN2O2. The van der Waals surface area contributed by atoms with Gasteiger partial charge in [0.15, 0.2) is 0 Å². The summed E-state index contributed by atoms with van der Waals surface area (Å²) < 4.78 is 2.59. The molecule has 0 aliphatic heterocycles. The van der Waals surface area contributed by atoms with Crippen LogP contribution in [0.3, 0.4) is 0 Å². The predicted octanol–water partition coefficient (Wildman–Crippen LogP) is 3.17. The minimum absolute atomic E-state index is 0.665. The SMILES string of the molecule is CCCn1ncc(Br)c1C(O)C1(O)CCCCCC1. The van der Waals surface area contributed by atoms with Crippen molar-refractivity contribution in [1.29, 1.82) is 0 Å². The largest absolute Gasteiger partial charge is 0.387 e. The second kappa shape index (κ2) is 6.37. The molecule has 0 saturated heterocycles. The fourth-order valence-corrected chi connectivity index (χ4v) is 3.42. The van der Waals surface area contributed by atoms with Crippen molar-refractivity contribution in [3.63, 3.8) is 0 Å². The van der Waals surface area contributed by atoms with E-state index < -0.39 is 11.7 Å². The molecule has 2 rings (SSSR count). The van der Waals surface area contributed by atoms with Crippen LogP contribution in [0.25, 0.3) is 0 Å². The van der Waals surface area contributed by atoms with Crippen molar-refractivity contribution < 1.29 is 10.2 Å².